The molecule has 0 spiro atoms. The lowest BCUT2D eigenvalue weighted by molar-refractivity contribution is -0.137. The molecule has 0 fully saturated rings. The molecule has 4 N–H and O–H groups in total. The zero-order valence-corrected chi connectivity index (χ0v) is 11.0. The molecule has 0 aliphatic rings. The molecular formula is C14H20N2O3. The third-order valence-electron chi connectivity index (χ3n) is 2.94. The van der Waals surface area contributed by atoms with Crippen molar-refractivity contribution in [2.24, 2.45) is 11.7 Å². The second-order valence-electron chi connectivity index (χ2n) is 4.55. The smallest absolute Gasteiger partial charge is 0.305 e. The first kappa shape index (κ1) is 15.2. The van der Waals surface area contributed by atoms with Gasteiger partial charge in [0.05, 0.1) is 12.5 Å². The number of carboxylic acid groups (broad SMARTS) is 1. The summed E-state index contributed by atoms with van der Waals surface area (Å²) < 4.78 is 0. The van der Waals surface area contributed by atoms with Crippen molar-refractivity contribution in [2.75, 3.05) is 6.54 Å². The molecule has 1 rings (SSSR count). The topological polar surface area (TPSA) is 92.4 Å². The van der Waals surface area contributed by atoms with Crippen molar-refractivity contribution in [3.63, 3.8) is 0 Å². The summed E-state index contributed by atoms with van der Waals surface area (Å²) in [5.41, 5.74) is 6.21. The number of carbonyl (C=O) groups excluding carboxylic acids is 1. The van der Waals surface area contributed by atoms with Crippen molar-refractivity contribution < 1.29 is 14.7 Å². The van der Waals surface area contributed by atoms with Crippen molar-refractivity contribution in [1.29, 1.82) is 0 Å². The number of aliphatic carboxylic acids is 1. The van der Waals surface area contributed by atoms with Gasteiger partial charge in [-0.25, -0.2) is 0 Å². The minimum Gasteiger partial charge on any atom is -0.481 e. The lowest BCUT2D eigenvalue weighted by Crippen LogP contribution is -2.34. The van der Waals surface area contributed by atoms with Gasteiger partial charge in [0.15, 0.2) is 0 Å². The average Bonchev–Trinajstić information content (AvgIpc) is 2.38. The van der Waals surface area contributed by atoms with Crippen molar-refractivity contribution in [3.8, 4) is 0 Å². The summed E-state index contributed by atoms with van der Waals surface area (Å²) in [7, 11) is 0. The maximum Gasteiger partial charge on any atom is 0.305 e. The number of benzene rings is 1. The molecular weight excluding hydrogens is 244 g/mol. The predicted octanol–water partition coefficient (Wildman–Crippen LogP) is 1.30. The molecule has 104 valence electrons. The summed E-state index contributed by atoms with van der Waals surface area (Å²) in [5, 5.41) is 11.7. The molecule has 0 heterocycles. The molecule has 19 heavy (non-hydrogen) atoms. The molecule has 2 atom stereocenters. The molecule has 5 heteroatoms. The van der Waals surface area contributed by atoms with Crippen LogP contribution in [0.4, 0.5) is 0 Å². The van der Waals surface area contributed by atoms with Gasteiger partial charge in [-0.2, -0.15) is 0 Å². The number of hydrogen-bond donors (Lipinski definition) is 3. The third-order valence-corrected chi connectivity index (χ3v) is 2.94. The first-order valence-electron chi connectivity index (χ1n) is 6.31. The summed E-state index contributed by atoms with van der Waals surface area (Å²) in [6, 6.07) is 8.59. The third kappa shape index (κ3) is 5.09. The lowest BCUT2D eigenvalue weighted by atomic mass is 10.0. The van der Waals surface area contributed by atoms with E-state index in [4.69, 9.17) is 10.8 Å². The quantitative estimate of drug-likeness (QED) is 0.692. The molecule has 0 aliphatic heterocycles. The normalized spacial score (nSPS) is 13.6. The van der Waals surface area contributed by atoms with Crippen LogP contribution in [0.1, 0.15) is 31.4 Å². The van der Waals surface area contributed by atoms with E-state index in [9.17, 15) is 9.59 Å². The predicted molar refractivity (Wildman–Crippen MR) is 72.4 cm³/mol. The van der Waals surface area contributed by atoms with E-state index in [0.717, 1.165) is 5.56 Å². The van der Waals surface area contributed by atoms with E-state index in [1.807, 2.05) is 30.3 Å². The monoisotopic (exact) mass is 264 g/mol. The number of carboxylic acids is 1. The van der Waals surface area contributed by atoms with Crippen LogP contribution in [0.2, 0.25) is 0 Å². The largest absolute Gasteiger partial charge is 0.481 e. The maximum absolute atomic E-state index is 11.9. The Balaban J connectivity index is 2.76. The summed E-state index contributed by atoms with van der Waals surface area (Å²) in [4.78, 5) is 22.8. The number of amides is 1. The van der Waals surface area contributed by atoms with E-state index in [2.05, 4.69) is 5.32 Å². The van der Waals surface area contributed by atoms with Gasteiger partial charge in [0.1, 0.15) is 0 Å². The highest BCUT2D eigenvalue weighted by Gasteiger charge is 2.20. The summed E-state index contributed by atoms with van der Waals surface area (Å²) in [6.07, 6.45) is 0.450. The Morgan fingerprint density at radius 1 is 1.32 bits per heavy atom. The van der Waals surface area contributed by atoms with Crippen LogP contribution < -0.4 is 11.1 Å². The van der Waals surface area contributed by atoms with Crippen LogP contribution in [0.25, 0.3) is 0 Å². The van der Waals surface area contributed by atoms with Crippen LogP contribution in [0.3, 0.4) is 0 Å². The molecule has 5 nitrogen and oxygen atoms in total. The molecule has 0 saturated carbocycles. The Bertz CT molecular complexity index is 420. The van der Waals surface area contributed by atoms with E-state index >= 15 is 0 Å². The maximum atomic E-state index is 11.9. The van der Waals surface area contributed by atoms with Crippen LogP contribution in [0.15, 0.2) is 30.3 Å². The van der Waals surface area contributed by atoms with Gasteiger partial charge >= 0.3 is 5.97 Å². The lowest BCUT2D eigenvalue weighted by Gasteiger charge is -2.20. The Kier molecular flexibility index (Phi) is 6.02. The van der Waals surface area contributed by atoms with Gasteiger partial charge in [0.25, 0.3) is 0 Å². The molecule has 2 unspecified atom stereocenters. The number of nitrogens with one attached hydrogen (secondary N) is 1. The molecule has 0 radical (unpaired) electrons. The van der Waals surface area contributed by atoms with E-state index in [0.29, 0.717) is 13.0 Å². The standard InChI is InChI=1S/C14H20N2O3/c1-10(7-8-15)14(19)16-12(9-13(17)18)11-5-3-2-4-6-11/h2-6,10,12H,7-9,15H2,1H3,(H,16,19)(H,17,18). The number of carbonyl (C=O) groups is 2. The van der Waals surface area contributed by atoms with Crippen LogP contribution in [0, 0.1) is 5.92 Å². The van der Waals surface area contributed by atoms with Crippen molar-refractivity contribution >= 4 is 11.9 Å². The van der Waals surface area contributed by atoms with Gasteiger partial charge in [0, 0.05) is 5.92 Å². The van der Waals surface area contributed by atoms with Gasteiger partial charge in [-0.3, -0.25) is 9.59 Å². The second kappa shape index (κ2) is 7.53. The molecule has 0 saturated heterocycles. The summed E-state index contributed by atoms with van der Waals surface area (Å²) in [5.74, 6) is -1.33. The van der Waals surface area contributed by atoms with Crippen molar-refractivity contribution in [2.45, 2.75) is 25.8 Å². The number of hydrogen-bond acceptors (Lipinski definition) is 3. The van der Waals surface area contributed by atoms with E-state index < -0.39 is 12.0 Å². The molecule has 1 aromatic carbocycles. The number of rotatable bonds is 7. The SMILES string of the molecule is CC(CCN)C(=O)NC(CC(=O)O)c1ccccc1. The Hall–Kier alpha value is -1.88. The molecule has 0 aromatic heterocycles. The van der Waals surface area contributed by atoms with Crippen LogP contribution >= 0.6 is 0 Å². The Morgan fingerprint density at radius 2 is 1.95 bits per heavy atom. The van der Waals surface area contributed by atoms with Crippen molar-refractivity contribution in [1.82, 2.24) is 5.32 Å². The minimum absolute atomic E-state index is 0.134. The molecule has 0 bridgehead atoms. The molecule has 1 amide bonds. The summed E-state index contributed by atoms with van der Waals surface area (Å²) in [6.45, 7) is 2.22. The minimum atomic E-state index is -0.944. The van der Waals surface area contributed by atoms with Crippen LogP contribution in [0.5, 0.6) is 0 Å². The zero-order valence-electron chi connectivity index (χ0n) is 11.0. The fourth-order valence-corrected chi connectivity index (χ4v) is 1.81. The average molecular weight is 264 g/mol. The highest BCUT2D eigenvalue weighted by atomic mass is 16.4. The van der Waals surface area contributed by atoms with E-state index in [-0.39, 0.29) is 18.2 Å². The van der Waals surface area contributed by atoms with Gasteiger partial charge in [-0.05, 0) is 18.5 Å². The van der Waals surface area contributed by atoms with Gasteiger partial charge in [0.2, 0.25) is 5.91 Å². The summed E-state index contributed by atoms with van der Waals surface area (Å²) >= 11 is 0. The fraction of sp³-hybridized carbons (Fsp3) is 0.429. The van der Waals surface area contributed by atoms with Gasteiger partial charge in [-0.15, -0.1) is 0 Å². The van der Waals surface area contributed by atoms with Gasteiger partial charge < -0.3 is 16.2 Å². The van der Waals surface area contributed by atoms with Crippen molar-refractivity contribution in [3.05, 3.63) is 35.9 Å². The Labute approximate surface area is 112 Å². The van der Waals surface area contributed by atoms with Crippen LogP contribution in [-0.4, -0.2) is 23.5 Å². The Morgan fingerprint density at radius 3 is 2.47 bits per heavy atom. The molecule has 1 aromatic rings. The number of nitrogens with two attached hydrogens (primary N) is 1. The van der Waals surface area contributed by atoms with E-state index in [1.165, 1.54) is 0 Å². The molecule has 0 aliphatic carbocycles. The second-order valence-corrected chi connectivity index (χ2v) is 4.55. The van der Waals surface area contributed by atoms with Crippen LogP contribution in [-0.2, 0) is 9.59 Å². The van der Waals surface area contributed by atoms with Gasteiger partial charge in [-0.1, -0.05) is 37.3 Å². The van der Waals surface area contributed by atoms with E-state index in [1.54, 1.807) is 6.92 Å². The zero-order chi connectivity index (χ0) is 14.3. The fourth-order valence-electron chi connectivity index (χ4n) is 1.81. The first-order chi connectivity index (χ1) is 9.04. The highest BCUT2D eigenvalue weighted by molar-refractivity contribution is 5.79. The highest BCUT2D eigenvalue weighted by Crippen LogP contribution is 2.17. The first-order valence-corrected chi connectivity index (χ1v) is 6.31.